The van der Waals surface area contributed by atoms with Gasteiger partial charge in [0.05, 0.1) is 42.3 Å². The van der Waals surface area contributed by atoms with E-state index in [-0.39, 0.29) is 75.0 Å². The number of alkyl halides is 3. The molecule has 3 N–H and O–H groups in total. The van der Waals surface area contributed by atoms with Crippen LogP contribution in [0.2, 0.25) is 5.54 Å². The van der Waals surface area contributed by atoms with Crippen LogP contribution in [0.15, 0.2) is 49.2 Å². The first kappa shape index (κ1) is 55.4. The number of amides is 5. The Balaban J connectivity index is 1.21. The maximum absolute atomic E-state index is 14.8. The normalized spacial score (nSPS) is 23.6. The van der Waals surface area contributed by atoms with E-state index in [0.717, 1.165) is 18.4 Å². The number of likely N-dealkylation sites (N-methyl/N-ethyl adjacent to an activating group) is 1. The molecule has 0 saturated carbocycles. The van der Waals surface area contributed by atoms with Gasteiger partial charge in [0.2, 0.25) is 17.7 Å². The van der Waals surface area contributed by atoms with Crippen LogP contribution < -0.4 is 10.4 Å². The molecule has 2 unspecified atom stereocenters. The maximum Gasteiger partial charge on any atom is 0.406 e. The van der Waals surface area contributed by atoms with Gasteiger partial charge in [-0.05, 0) is 105 Å². The van der Waals surface area contributed by atoms with E-state index >= 15 is 0 Å². The fourth-order valence-electron chi connectivity index (χ4n) is 11.1. The molecule has 3 aromatic rings. The first-order valence-electron chi connectivity index (χ1n) is 25.4. The number of aliphatic hydroxyl groups excluding tert-OH is 1. The van der Waals surface area contributed by atoms with Gasteiger partial charge in [-0.15, -0.1) is 0 Å². The van der Waals surface area contributed by atoms with Gasteiger partial charge in [0.25, 0.3) is 0 Å². The number of hydrogen-bond donors (Lipinski definition) is 3. The van der Waals surface area contributed by atoms with E-state index in [2.05, 4.69) is 26.9 Å². The van der Waals surface area contributed by atoms with Crippen LogP contribution in [0, 0.1) is 11.3 Å². The van der Waals surface area contributed by atoms with Crippen LogP contribution in [0.25, 0.3) is 22.2 Å². The number of methoxy groups -OCH3 is 1. The fourth-order valence-corrected chi connectivity index (χ4v) is 12.2. The number of rotatable bonds is 13. The van der Waals surface area contributed by atoms with E-state index in [4.69, 9.17) is 9.47 Å². The summed E-state index contributed by atoms with van der Waals surface area (Å²) < 4.78 is 57.3. The van der Waals surface area contributed by atoms with Crippen molar-refractivity contribution in [2.45, 2.75) is 122 Å². The number of nitrogens with zero attached hydrogens (tertiary/aromatic N) is 7. The van der Waals surface area contributed by atoms with E-state index < -0.39 is 63.4 Å². The molecule has 6 heterocycles. The molecule has 2 aromatic heterocycles. The van der Waals surface area contributed by atoms with Gasteiger partial charge in [0.15, 0.2) is 9.68 Å². The Hall–Kier alpha value is -5.35. The third-order valence-electron chi connectivity index (χ3n) is 14.7. The van der Waals surface area contributed by atoms with Crippen molar-refractivity contribution in [3.05, 3.63) is 66.0 Å². The van der Waals surface area contributed by atoms with Gasteiger partial charge in [-0.3, -0.25) is 29.2 Å². The van der Waals surface area contributed by atoms with Gasteiger partial charge in [0.1, 0.15) is 18.6 Å². The van der Waals surface area contributed by atoms with Gasteiger partial charge in [-0.2, -0.15) is 13.2 Å². The van der Waals surface area contributed by atoms with Crippen LogP contribution in [0.5, 0.6) is 0 Å². The SMILES string of the molecule is C=CC(=O)N(CCO)[C@H]1CCN(C(=O)N(C)[C@H](C(=O)N[Si]C2CN3CCC[C@@H](C3)c3ccc4c(c3)c(c(-c3cccnc3[C@H](C)OC)n4CC(F)(F)F)CC(C)(C)COC(=O)[C@@H]3CCCN(N3)C2=O)C(C)C)C1. The van der Waals surface area contributed by atoms with Crippen molar-refractivity contribution >= 4 is 50.3 Å². The Morgan fingerprint density at radius 2 is 1.84 bits per heavy atom. The molecule has 3 fully saturated rings. The molecule has 2 radical (unpaired) electrons. The highest BCUT2D eigenvalue weighted by molar-refractivity contribution is 6.45. The third-order valence-corrected chi connectivity index (χ3v) is 15.9. The predicted octanol–water partition coefficient (Wildman–Crippen LogP) is 5.46. The quantitative estimate of drug-likeness (QED) is 0.113. The zero-order valence-electron chi connectivity index (χ0n) is 43.2. The number of nitrogens with one attached hydrogen (secondary N) is 2. The summed E-state index contributed by atoms with van der Waals surface area (Å²) in [4.78, 5) is 84.0. The summed E-state index contributed by atoms with van der Waals surface area (Å²) in [5.74, 6) is -1.99. The fraction of sp³-hybridized carbons (Fsp3) is 0.615. The highest BCUT2D eigenvalue weighted by Crippen LogP contribution is 2.43. The minimum atomic E-state index is -4.57. The molecule has 21 heteroatoms. The summed E-state index contributed by atoms with van der Waals surface area (Å²) in [6.07, 6.45) is 0.925. The molecule has 1 aromatic carbocycles. The number of fused-ring (bicyclic) bond motifs is 6. The number of halogens is 3. The Morgan fingerprint density at radius 3 is 2.53 bits per heavy atom. The second-order valence-corrected chi connectivity index (χ2v) is 22.3. The van der Waals surface area contributed by atoms with Crippen molar-refractivity contribution in [1.82, 2.24) is 44.6 Å². The molecule has 4 aliphatic rings. The van der Waals surface area contributed by atoms with Gasteiger partial charge < -0.3 is 43.7 Å². The number of urea groups is 1. The van der Waals surface area contributed by atoms with E-state index in [0.29, 0.717) is 78.9 Å². The number of hydrogen-bond acceptors (Lipinski definition) is 11. The lowest BCUT2D eigenvalue weighted by molar-refractivity contribution is -0.154. The number of benzene rings is 1. The van der Waals surface area contributed by atoms with E-state index in [9.17, 15) is 42.3 Å². The molecule has 7 atom stereocenters. The number of hydrazine groups is 1. The third kappa shape index (κ3) is 12.8. The topological polar surface area (TPSA) is 182 Å². The number of carbonyl (C=O) groups is 5. The van der Waals surface area contributed by atoms with Crippen LogP contribution >= 0.6 is 0 Å². The number of pyridine rings is 1. The monoisotopic (exact) mass is 1040 g/mol. The number of piperidine rings is 1. The van der Waals surface area contributed by atoms with Gasteiger partial charge in [-0.1, -0.05) is 40.3 Å². The average molecular weight is 1040 g/mol. The van der Waals surface area contributed by atoms with Crippen LogP contribution in [0.1, 0.15) is 95.6 Å². The predicted molar refractivity (Wildman–Crippen MR) is 270 cm³/mol. The molecule has 73 heavy (non-hydrogen) atoms. The Morgan fingerprint density at radius 1 is 1.08 bits per heavy atom. The lowest BCUT2D eigenvalue weighted by atomic mass is 9.83. The highest BCUT2D eigenvalue weighted by atomic mass is 28.2. The highest BCUT2D eigenvalue weighted by Gasteiger charge is 2.41. The van der Waals surface area contributed by atoms with E-state index in [1.165, 1.54) is 32.6 Å². The molecule has 3 saturated heterocycles. The van der Waals surface area contributed by atoms with Crippen molar-refractivity contribution in [2.24, 2.45) is 11.3 Å². The second-order valence-electron chi connectivity index (χ2n) is 21.1. The minimum Gasteiger partial charge on any atom is -0.464 e. The largest absolute Gasteiger partial charge is 0.464 e. The van der Waals surface area contributed by atoms with Crippen LogP contribution in [0.4, 0.5) is 18.0 Å². The minimum absolute atomic E-state index is 0.0392. The zero-order chi connectivity index (χ0) is 52.9. The van der Waals surface area contributed by atoms with Gasteiger partial charge in [-0.25, -0.2) is 10.2 Å². The van der Waals surface area contributed by atoms with E-state index in [1.807, 2.05) is 46.8 Å². The first-order valence-corrected chi connectivity index (χ1v) is 26.5. The van der Waals surface area contributed by atoms with Crippen molar-refractivity contribution < 1.29 is 51.7 Å². The summed E-state index contributed by atoms with van der Waals surface area (Å²) in [6, 6.07) is 6.71. The summed E-state index contributed by atoms with van der Waals surface area (Å²) in [5, 5.41) is 11.7. The van der Waals surface area contributed by atoms with Crippen molar-refractivity contribution in [3.63, 3.8) is 0 Å². The number of aromatic nitrogens is 2. The molecule has 5 amide bonds. The lowest BCUT2D eigenvalue weighted by Gasteiger charge is -2.38. The zero-order valence-corrected chi connectivity index (χ0v) is 44.2. The van der Waals surface area contributed by atoms with E-state index in [1.54, 1.807) is 36.3 Å². The number of ether oxygens (including phenoxy) is 2. The second kappa shape index (κ2) is 23.5. The number of carbonyl (C=O) groups excluding carboxylic acids is 5. The molecule has 7 rings (SSSR count). The van der Waals surface area contributed by atoms with Crippen LogP contribution in [-0.2, 0) is 41.6 Å². The summed E-state index contributed by atoms with van der Waals surface area (Å²) >= 11 is 0. The smallest absolute Gasteiger partial charge is 0.406 e. The summed E-state index contributed by atoms with van der Waals surface area (Å²) in [7, 11) is 2.69. The standard InChI is InChI=1S/C52H72F3N9O8Si/c1-9-43(66)62(23-24-65)36-18-22-61(28-36)50(70)59(7)45(32(2)3)47(67)58-73-42-29-60-20-11-13-35(27-60)34-16-17-41-38(25-34)39(26-51(5,6)31-72-49(69)40-15-12-21-64(57-40)48(42)68)46(63(41)30-52(53,54)55)37-14-10-19-56-44(37)33(4)71-8/h9-10,14,16-17,19,25,32-33,35-36,40,42,45,57,65H,1,11-13,15,18,20-24,26-31H2,2-8H3,(H,58,67)/t33-,35-,36-,40-,42?,45-/m0/s1. The number of esters is 1. The van der Waals surface area contributed by atoms with Crippen LogP contribution in [-0.4, -0.2) is 176 Å². The van der Waals surface area contributed by atoms with Gasteiger partial charge in [0, 0.05) is 81.5 Å². The molecule has 0 aliphatic carbocycles. The Labute approximate surface area is 428 Å². The molecule has 398 valence electrons. The van der Waals surface area contributed by atoms with Crippen molar-refractivity contribution in [1.29, 1.82) is 0 Å². The van der Waals surface area contributed by atoms with Crippen molar-refractivity contribution in [2.75, 3.05) is 73.2 Å². The maximum atomic E-state index is 14.8. The van der Waals surface area contributed by atoms with Crippen LogP contribution in [0.3, 0.4) is 0 Å². The Bertz CT molecular complexity index is 2510. The lowest BCUT2D eigenvalue weighted by Crippen LogP contribution is -2.59. The average Bonchev–Trinajstić information content (AvgIpc) is 3.96. The molecule has 4 aliphatic heterocycles. The Kier molecular flexibility index (Phi) is 17.8. The van der Waals surface area contributed by atoms with Crippen molar-refractivity contribution in [3.8, 4) is 11.3 Å². The summed E-state index contributed by atoms with van der Waals surface area (Å²) in [5.41, 5.74) is 5.05. The van der Waals surface area contributed by atoms with Gasteiger partial charge >= 0.3 is 18.2 Å². The first-order chi connectivity index (χ1) is 34.6. The molecular weight excluding hydrogens is 964 g/mol. The molecular formula is C52H72F3N9O8Si. The summed E-state index contributed by atoms with van der Waals surface area (Å²) in [6.45, 7) is 13.8. The number of likely N-dealkylation sites (tertiary alicyclic amines) is 1. The number of aliphatic hydroxyl groups is 1. The number of cyclic esters (lactones) is 1. The molecule has 0 spiro atoms. The molecule has 6 bridgehead atoms. The molecule has 17 nitrogen and oxygen atoms in total.